The van der Waals surface area contributed by atoms with Crippen LogP contribution >= 0.6 is 0 Å². The molecule has 12 rings (SSSR count). The molecule has 80 heavy (non-hydrogen) atoms. The first-order valence-electron chi connectivity index (χ1n) is 25.9. The van der Waals surface area contributed by atoms with Gasteiger partial charge < -0.3 is 56.8 Å². The predicted molar refractivity (Wildman–Crippen MR) is 312 cm³/mol. The van der Waals surface area contributed by atoms with Crippen LogP contribution in [0.2, 0.25) is 0 Å². The number of hydrogen-bond acceptors (Lipinski definition) is 12. The first kappa shape index (κ1) is 52.6. The second kappa shape index (κ2) is 21.8. The Bertz CT molecular complexity index is 3080. The van der Waals surface area contributed by atoms with Gasteiger partial charge in [-0.15, -0.1) is 0 Å². The molecule has 0 amide bonds. The van der Waals surface area contributed by atoms with Gasteiger partial charge in [0.1, 0.15) is 69.0 Å². The largest absolute Gasteiger partial charge is 0.497 e. The normalized spacial score (nSPS) is 13.5. The highest BCUT2D eigenvalue weighted by molar-refractivity contribution is 5.94. The minimum absolute atomic E-state index is 0.319. The summed E-state index contributed by atoms with van der Waals surface area (Å²) in [6.45, 7) is 0. The van der Waals surface area contributed by atoms with E-state index >= 15 is 0 Å². The fourth-order valence-corrected chi connectivity index (χ4v) is 11.6. The van der Waals surface area contributed by atoms with E-state index in [-0.39, 0.29) is 11.8 Å². The highest BCUT2D eigenvalue weighted by Crippen LogP contribution is 2.61. The van der Waals surface area contributed by atoms with Gasteiger partial charge in [0, 0.05) is 48.2 Å². The smallest absolute Gasteiger partial charge is 0.123 e. The van der Waals surface area contributed by atoms with Gasteiger partial charge in [-0.3, -0.25) is 0 Å². The van der Waals surface area contributed by atoms with Crippen molar-refractivity contribution in [2.24, 2.45) is 0 Å². The quantitative estimate of drug-likeness (QED) is 0.0816. The van der Waals surface area contributed by atoms with E-state index in [2.05, 4.69) is 109 Å². The number of rotatable bonds is 18. The van der Waals surface area contributed by atoms with Crippen molar-refractivity contribution in [3.8, 4) is 136 Å². The molecular weight excluding hydrogens is 1010 g/mol. The summed E-state index contributed by atoms with van der Waals surface area (Å²) in [6.07, 6.45) is 0. The van der Waals surface area contributed by atoms with Gasteiger partial charge in [-0.05, 0) is 209 Å². The van der Waals surface area contributed by atoms with E-state index in [1.165, 1.54) is 0 Å². The first-order valence-corrected chi connectivity index (χ1v) is 25.9. The molecule has 3 aliphatic carbocycles. The van der Waals surface area contributed by atoms with Crippen LogP contribution < -0.4 is 56.8 Å². The van der Waals surface area contributed by atoms with Crippen molar-refractivity contribution in [3.63, 3.8) is 0 Å². The predicted octanol–water partition coefficient (Wildman–Crippen LogP) is 14.8. The molecule has 9 aromatic rings. The Hall–Kier alpha value is -9.42. The Kier molecular flexibility index (Phi) is 14.3. The molecule has 0 unspecified atom stereocenters. The summed E-state index contributed by atoms with van der Waals surface area (Å²) in [4.78, 5) is 0. The Balaban J connectivity index is 1.30. The zero-order valence-electron chi connectivity index (χ0n) is 46.9. The molecule has 0 aliphatic heterocycles. The number of ether oxygens (including phenoxy) is 12. The van der Waals surface area contributed by atoms with Gasteiger partial charge in [-0.1, -0.05) is 0 Å². The summed E-state index contributed by atoms with van der Waals surface area (Å²) in [6, 6.07) is 50.2. The van der Waals surface area contributed by atoms with E-state index in [0.717, 1.165) is 100 Å². The zero-order valence-corrected chi connectivity index (χ0v) is 46.9. The van der Waals surface area contributed by atoms with Crippen LogP contribution in [0.25, 0.3) is 66.8 Å². The molecule has 406 valence electrons. The van der Waals surface area contributed by atoms with Gasteiger partial charge in [-0.25, -0.2) is 0 Å². The van der Waals surface area contributed by atoms with E-state index in [9.17, 15) is 0 Å². The number of hydrogen-bond donors (Lipinski definition) is 0. The summed E-state index contributed by atoms with van der Waals surface area (Å²) >= 11 is 0. The highest BCUT2D eigenvalue weighted by Gasteiger charge is 2.44. The van der Waals surface area contributed by atoms with Crippen LogP contribution in [0.3, 0.4) is 0 Å². The maximum Gasteiger partial charge on any atom is 0.123 e. The summed E-state index contributed by atoms with van der Waals surface area (Å²) in [7, 11) is 20.0. The molecule has 0 atom stereocenters. The van der Waals surface area contributed by atoms with Crippen LogP contribution in [-0.2, 0) is 0 Å². The highest BCUT2D eigenvalue weighted by atomic mass is 16.5. The van der Waals surface area contributed by atoms with Gasteiger partial charge in [0.05, 0.1) is 85.3 Å². The van der Waals surface area contributed by atoms with Crippen LogP contribution in [0, 0.1) is 0 Å². The molecule has 0 aromatic heterocycles. The molecule has 0 saturated carbocycles. The van der Waals surface area contributed by atoms with Crippen molar-refractivity contribution < 1.29 is 56.8 Å². The fourth-order valence-electron chi connectivity index (χ4n) is 11.6. The fraction of sp³-hybridized carbons (Fsp3) is 0.206. The Labute approximate surface area is 466 Å². The van der Waals surface area contributed by atoms with E-state index in [1.54, 1.807) is 85.3 Å². The van der Waals surface area contributed by atoms with Crippen LogP contribution in [0.1, 0.15) is 45.2 Å². The maximum atomic E-state index is 5.94. The molecule has 9 aromatic carbocycles. The third-order valence-corrected chi connectivity index (χ3v) is 15.5. The molecule has 12 nitrogen and oxygen atoms in total. The van der Waals surface area contributed by atoms with Crippen molar-refractivity contribution in [3.05, 3.63) is 179 Å². The van der Waals surface area contributed by atoms with Crippen molar-refractivity contribution in [2.45, 2.75) is 11.8 Å². The molecule has 0 spiro atoms. The van der Waals surface area contributed by atoms with Gasteiger partial charge in [0.2, 0.25) is 0 Å². The molecule has 0 fully saturated rings. The van der Waals surface area contributed by atoms with Crippen molar-refractivity contribution in [2.75, 3.05) is 85.3 Å². The topological polar surface area (TPSA) is 111 Å². The van der Waals surface area contributed by atoms with Gasteiger partial charge in [0.15, 0.2) is 0 Å². The van der Waals surface area contributed by atoms with Crippen molar-refractivity contribution >= 4 is 0 Å². The minimum Gasteiger partial charge on any atom is -0.497 e. The Morgan fingerprint density at radius 3 is 0.375 bits per heavy atom. The summed E-state index contributed by atoms with van der Waals surface area (Å²) in [5.41, 5.74) is 18.0. The lowest BCUT2D eigenvalue weighted by atomic mass is 9.59. The summed E-state index contributed by atoms with van der Waals surface area (Å²) < 4.78 is 71.2. The molecule has 0 heterocycles. The monoisotopic (exact) mass is 1070 g/mol. The molecule has 3 aliphatic rings. The summed E-state index contributed by atoms with van der Waals surface area (Å²) in [5.74, 6) is 7.24. The molecular formula is C68H62O12. The lowest BCUT2D eigenvalue weighted by molar-refractivity contribution is 0.394. The molecule has 0 radical (unpaired) electrons. The Morgan fingerprint density at radius 1 is 0.163 bits per heavy atom. The number of benzene rings is 9. The van der Waals surface area contributed by atoms with Gasteiger partial charge in [0.25, 0.3) is 0 Å². The SMILES string of the molecule is COc1cc(OC)cc(-c2cc3c(cc2-c2cc(OC)cc(OC)c2)C2c4cc(-c5cc(OC)cc(OC)c5)c(-c5cc(OC)cc(OC)c5)cc4C3c3cc(-c4cc(OC)cc(OC)c4)c(-c4cc(OC)cc(OC)c4)cc32)c1. The van der Waals surface area contributed by atoms with E-state index in [1.807, 2.05) is 36.4 Å². The molecule has 0 saturated heterocycles. The lowest BCUT2D eigenvalue weighted by Crippen LogP contribution is -2.28. The lowest BCUT2D eigenvalue weighted by Gasteiger charge is -2.44. The van der Waals surface area contributed by atoms with Crippen LogP contribution in [0.4, 0.5) is 0 Å². The third-order valence-electron chi connectivity index (χ3n) is 15.5. The van der Waals surface area contributed by atoms with Gasteiger partial charge >= 0.3 is 0 Å². The van der Waals surface area contributed by atoms with Crippen molar-refractivity contribution in [1.82, 2.24) is 0 Å². The Morgan fingerprint density at radius 2 is 0.275 bits per heavy atom. The molecule has 2 bridgehead atoms. The second-order valence-electron chi connectivity index (χ2n) is 19.6. The van der Waals surface area contributed by atoms with E-state index < -0.39 is 0 Å². The van der Waals surface area contributed by atoms with E-state index in [0.29, 0.717) is 69.0 Å². The van der Waals surface area contributed by atoms with E-state index in [4.69, 9.17) is 56.8 Å². The van der Waals surface area contributed by atoms with Crippen LogP contribution in [-0.4, -0.2) is 85.3 Å². The zero-order chi connectivity index (χ0) is 55.9. The average Bonchev–Trinajstić information content (AvgIpc) is 3.68. The van der Waals surface area contributed by atoms with Crippen LogP contribution in [0.15, 0.2) is 146 Å². The standard InChI is InChI=1S/C68H62O12/c1-69-43-13-37(14-44(25-43)70-2)55-31-61-62(32-56(55)38-15-45(71-3)26-46(16-38)72-4)68-65-35-59(41-21-51(77-9)29-52(22-41)78-10)57(39-17-47(73-5)27-48(18-39)74-6)33-63(65)67(61)64-34-58(40-19-49(75-7)28-50(20-40)76-8)60(36-66(64)68)42-23-53(79-11)30-54(24-42)80-12/h13-36,67-68H,1-12H3. The maximum absolute atomic E-state index is 5.94. The minimum atomic E-state index is -0.319. The van der Waals surface area contributed by atoms with Crippen LogP contribution in [0.5, 0.6) is 69.0 Å². The number of methoxy groups -OCH3 is 12. The molecule has 0 N–H and O–H groups in total. The second-order valence-corrected chi connectivity index (χ2v) is 19.6. The summed E-state index contributed by atoms with van der Waals surface area (Å²) in [5, 5.41) is 0. The third kappa shape index (κ3) is 9.40. The van der Waals surface area contributed by atoms with Crippen molar-refractivity contribution in [1.29, 1.82) is 0 Å². The average molecular weight is 1070 g/mol. The van der Waals surface area contributed by atoms with Gasteiger partial charge in [-0.2, -0.15) is 0 Å². The molecule has 12 heteroatoms. The first-order chi connectivity index (χ1) is 39.0.